The number of hydrogen-bond acceptors (Lipinski definition) is 4. The number of nitrogens with zero attached hydrogens (tertiary/aromatic N) is 1. The number of halogens is 1. The summed E-state index contributed by atoms with van der Waals surface area (Å²) in [5.41, 5.74) is 0. The van der Waals surface area contributed by atoms with E-state index in [1.165, 1.54) is 11.2 Å². The van der Waals surface area contributed by atoms with Gasteiger partial charge in [-0.05, 0) is 34.8 Å². The van der Waals surface area contributed by atoms with Crippen molar-refractivity contribution in [2.24, 2.45) is 0 Å². The first-order valence-corrected chi connectivity index (χ1v) is 6.76. The Hall–Kier alpha value is -1.63. The molecule has 0 aromatic carbocycles. The van der Waals surface area contributed by atoms with Crippen LogP contribution in [-0.2, 0) is 9.59 Å². The summed E-state index contributed by atoms with van der Waals surface area (Å²) >= 11 is 3.23. The van der Waals surface area contributed by atoms with Crippen LogP contribution in [0.5, 0.6) is 0 Å². The monoisotopic (exact) mass is 326 g/mol. The van der Waals surface area contributed by atoms with Crippen molar-refractivity contribution in [3.8, 4) is 0 Å². The number of carbonyl (C=O) groups excluding carboxylic acids is 3. The van der Waals surface area contributed by atoms with E-state index in [-0.39, 0.29) is 30.0 Å². The summed E-state index contributed by atoms with van der Waals surface area (Å²) < 4.78 is 5.70. The average Bonchev–Trinajstić information content (AvgIpc) is 3.00. The van der Waals surface area contributed by atoms with Crippen LogP contribution in [0.1, 0.15) is 29.8 Å². The lowest BCUT2D eigenvalue weighted by Crippen LogP contribution is -2.45. The molecule has 1 N–H and O–H groups in total. The van der Waals surface area contributed by atoms with Gasteiger partial charge in [-0.3, -0.25) is 19.7 Å². The molecule has 3 amide bonds. The molecule has 0 bridgehead atoms. The predicted molar refractivity (Wildman–Crippen MR) is 67.2 cm³/mol. The number of carbonyl (C=O) groups is 3. The van der Waals surface area contributed by atoms with E-state index in [0.717, 1.165) is 12.8 Å². The van der Waals surface area contributed by atoms with Gasteiger partial charge in [-0.1, -0.05) is 0 Å². The van der Waals surface area contributed by atoms with Crippen molar-refractivity contribution in [2.45, 2.75) is 31.3 Å². The van der Waals surface area contributed by atoms with Gasteiger partial charge in [-0.2, -0.15) is 0 Å². The molecule has 1 aliphatic carbocycles. The highest BCUT2D eigenvalue weighted by molar-refractivity contribution is 9.10. The molecule has 2 fully saturated rings. The van der Waals surface area contributed by atoms with Crippen LogP contribution < -0.4 is 5.32 Å². The van der Waals surface area contributed by atoms with E-state index in [1.807, 2.05) is 0 Å². The SMILES string of the molecule is O=C1CC(N(C(=O)c2occc2Br)C2CC2)C(=O)N1. The number of rotatable bonds is 3. The first-order chi connectivity index (χ1) is 9.08. The highest BCUT2D eigenvalue weighted by Gasteiger charge is 2.45. The molecule has 19 heavy (non-hydrogen) atoms. The van der Waals surface area contributed by atoms with Gasteiger partial charge in [-0.15, -0.1) is 0 Å². The lowest BCUT2D eigenvalue weighted by molar-refractivity contribution is -0.126. The van der Waals surface area contributed by atoms with Crippen molar-refractivity contribution in [1.82, 2.24) is 10.2 Å². The Labute approximate surface area is 117 Å². The molecule has 1 aromatic heterocycles. The van der Waals surface area contributed by atoms with E-state index in [2.05, 4.69) is 21.2 Å². The van der Waals surface area contributed by atoms with E-state index >= 15 is 0 Å². The van der Waals surface area contributed by atoms with E-state index in [1.54, 1.807) is 6.07 Å². The first-order valence-electron chi connectivity index (χ1n) is 5.97. The summed E-state index contributed by atoms with van der Waals surface area (Å²) in [4.78, 5) is 37.0. The second kappa shape index (κ2) is 4.48. The molecule has 0 radical (unpaired) electrons. The molecular weight excluding hydrogens is 316 g/mol. The largest absolute Gasteiger partial charge is 0.458 e. The van der Waals surface area contributed by atoms with Gasteiger partial charge in [0.25, 0.3) is 5.91 Å². The molecule has 1 saturated heterocycles. The van der Waals surface area contributed by atoms with Crippen LogP contribution in [0.2, 0.25) is 0 Å². The van der Waals surface area contributed by atoms with Gasteiger partial charge in [0, 0.05) is 6.04 Å². The van der Waals surface area contributed by atoms with Gasteiger partial charge < -0.3 is 9.32 Å². The molecule has 1 saturated carbocycles. The van der Waals surface area contributed by atoms with Crippen molar-refractivity contribution in [2.75, 3.05) is 0 Å². The van der Waals surface area contributed by atoms with Crippen LogP contribution in [0.4, 0.5) is 0 Å². The Balaban J connectivity index is 1.90. The van der Waals surface area contributed by atoms with Crippen molar-refractivity contribution in [3.63, 3.8) is 0 Å². The molecule has 1 unspecified atom stereocenters. The van der Waals surface area contributed by atoms with Crippen LogP contribution in [0.15, 0.2) is 21.2 Å². The summed E-state index contributed by atoms with van der Waals surface area (Å²) in [6.07, 6.45) is 3.13. The summed E-state index contributed by atoms with van der Waals surface area (Å²) in [5, 5.41) is 2.23. The maximum absolute atomic E-state index is 12.5. The second-order valence-electron chi connectivity index (χ2n) is 4.67. The van der Waals surface area contributed by atoms with Crippen molar-refractivity contribution >= 4 is 33.7 Å². The Morgan fingerprint density at radius 1 is 1.42 bits per heavy atom. The third-order valence-electron chi connectivity index (χ3n) is 3.27. The number of nitrogens with one attached hydrogen (secondary N) is 1. The number of amides is 3. The van der Waals surface area contributed by atoms with Crippen LogP contribution >= 0.6 is 15.9 Å². The minimum absolute atomic E-state index is 0.0196. The predicted octanol–water partition coefficient (Wildman–Crippen LogP) is 1.06. The molecule has 100 valence electrons. The lowest BCUT2D eigenvalue weighted by Gasteiger charge is -2.25. The van der Waals surface area contributed by atoms with Crippen molar-refractivity contribution in [1.29, 1.82) is 0 Å². The molecule has 1 atom stereocenters. The minimum Gasteiger partial charge on any atom is -0.458 e. The fourth-order valence-corrected chi connectivity index (χ4v) is 2.61. The van der Waals surface area contributed by atoms with E-state index in [4.69, 9.17) is 4.42 Å². The molecule has 3 rings (SSSR count). The molecule has 1 aliphatic heterocycles. The second-order valence-corrected chi connectivity index (χ2v) is 5.53. The van der Waals surface area contributed by atoms with E-state index in [9.17, 15) is 14.4 Å². The van der Waals surface area contributed by atoms with Crippen LogP contribution in [0.25, 0.3) is 0 Å². The highest BCUT2D eigenvalue weighted by Crippen LogP contribution is 2.33. The Bertz CT molecular complexity index is 564. The van der Waals surface area contributed by atoms with Crippen LogP contribution in [0.3, 0.4) is 0 Å². The van der Waals surface area contributed by atoms with Crippen molar-refractivity contribution in [3.05, 3.63) is 22.6 Å². The standard InChI is InChI=1S/C12H11BrN2O4/c13-7-3-4-19-10(7)12(18)15(6-1-2-6)8-5-9(16)14-11(8)17/h3-4,6,8H,1-2,5H2,(H,14,16,17). The third kappa shape index (κ3) is 2.18. The fraction of sp³-hybridized carbons (Fsp3) is 0.417. The number of imide groups is 1. The molecule has 1 aromatic rings. The lowest BCUT2D eigenvalue weighted by atomic mass is 10.2. The van der Waals surface area contributed by atoms with Gasteiger partial charge in [0.05, 0.1) is 17.2 Å². The normalized spacial score (nSPS) is 22.5. The smallest absolute Gasteiger partial charge is 0.291 e. The molecular formula is C12H11BrN2O4. The van der Waals surface area contributed by atoms with Gasteiger partial charge in [0.1, 0.15) is 6.04 Å². The van der Waals surface area contributed by atoms with Gasteiger partial charge in [-0.25, -0.2) is 0 Å². The highest BCUT2D eigenvalue weighted by atomic mass is 79.9. The van der Waals surface area contributed by atoms with Gasteiger partial charge in [0.15, 0.2) is 0 Å². The van der Waals surface area contributed by atoms with E-state index in [0.29, 0.717) is 4.47 Å². The van der Waals surface area contributed by atoms with Crippen LogP contribution in [0, 0.1) is 0 Å². The Kier molecular flexibility index (Phi) is 2.93. The van der Waals surface area contributed by atoms with Gasteiger partial charge >= 0.3 is 0 Å². The summed E-state index contributed by atoms with van der Waals surface area (Å²) in [7, 11) is 0. The minimum atomic E-state index is -0.718. The average molecular weight is 327 g/mol. The van der Waals surface area contributed by atoms with Crippen LogP contribution in [-0.4, -0.2) is 34.7 Å². The maximum Gasteiger partial charge on any atom is 0.291 e. The Morgan fingerprint density at radius 3 is 2.63 bits per heavy atom. The maximum atomic E-state index is 12.5. The summed E-state index contributed by atoms with van der Waals surface area (Å²) in [6.45, 7) is 0. The third-order valence-corrected chi connectivity index (χ3v) is 3.89. The summed E-state index contributed by atoms with van der Waals surface area (Å²) in [6, 6.07) is 0.925. The molecule has 0 spiro atoms. The zero-order valence-corrected chi connectivity index (χ0v) is 11.5. The molecule has 2 aliphatic rings. The van der Waals surface area contributed by atoms with E-state index < -0.39 is 11.9 Å². The first kappa shape index (κ1) is 12.4. The molecule has 2 heterocycles. The number of hydrogen-bond donors (Lipinski definition) is 1. The fourth-order valence-electron chi connectivity index (χ4n) is 2.24. The Morgan fingerprint density at radius 2 is 2.16 bits per heavy atom. The zero-order valence-electron chi connectivity index (χ0n) is 9.89. The molecule has 7 heteroatoms. The number of furan rings is 1. The summed E-state index contributed by atoms with van der Waals surface area (Å²) in [5.74, 6) is -0.937. The quantitative estimate of drug-likeness (QED) is 0.842. The van der Waals surface area contributed by atoms with Gasteiger partial charge in [0.2, 0.25) is 17.6 Å². The zero-order chi connectivity index (χ0) is 13.6. The molecule has 6 nitrogen and oxygen atoms in total. The topological polar surface area (TPSA) is 79.6 Å². The van der Waals surface area contributed by atoms with Crippen molar-refractivity contribution < 1.29 is 18.8 Å².